The first-order valence-electron chi connectivity index (χ1n) is 10.2. The Labute approximate surface area is 184 Å². The van der Waals surface area contributed by atoms with Crippen molar-refractivity contribution in [3.05, 3.63) is 0 Å². The molecule has 3 unspecified atom stereocenters. The summed E-state index contributed by atoms with van der Waals surface area (Å²) >= 11 is 0. The molecule has 0 saturated carbocycles. The number of hydrogen-bond donors (Lipinski definition) is 8. The predicted molar refractivity (Wildman–Crippen MR) is 112 cm³/mol. The summed E-state index contributed by atoms with van der Waals surface area (Å²) in [5, 5.41) is 27.8. The number of carbonyl (C=O) groups is 5. The van der Waals surface area contributed by atoms with E-state index in [9.17, 15) is 24.0 Å². The third kappa shape index (κ3) is 10.6. The SMILES string of the molecule is NC(N)=NCCCC(NC(=O)C1CCCN1)C(=O)NC(CCC(=O)O)C(=O)NCC(=O)O. The van der Waals surface area contributed by atoms with Crippen molar-refractivity contribution in [3.8, 4) is 0 Å². The zero-order valence-corrected chi connectivity index (χ0v) is 17.6. The Hall–Kier alpha value is -3.42. The molecule has 0 spiro atoms. The molecule has 0 aromatic heterocycles. The van der Waals surface area contributed by atoms with E-state index in [2.05, 4.69) is 26.3 Å². The third-order valence-corrected chi connectivity index (χ3v) is 4.65. The van der Waals surface area contributed by atoms with Gasteiger partial charge in [0.15, 0.2) is 5.96 Å². The van der Waals surface area contributed by atoms with Gasteiger partial charge in [0.25, 0.3) is 0 Å². The lowest BCUT2D eigenvalue weighted by atomic mass is 10.1. The highest BCUT2D eigenvalue weighted by molar-refractivity contribution is 5.94. The van der Waals surface area contributed by atoms with E-state index < -0.39 is 54.8 Å². The van der Waals surface area contributed by atoms with E-state index in [0.29, 0.717) is 19.4 Å². The van der Waals surface area contributed by atoms with E-state index in [1.165, 1.54) is 0 Å². The Morgan fingerprint density at radius 1 is 1.00 bits per heavy atom. The Bertz CT molecular complexity index is 718. The van der Waals surface area contributed by atoms with E-state index >= 15 is 0 Å². The van der Waals surface area contributed by atoms with Crippen molar-refractivity contribution < 1.29 is 34.2 Å². The second-order valence-corrected chi connectivity index (χ2v) is 7.26. The van der Waals surface area contributed by atoms with Crippen LogP contribution >= 0.6 is 0 Å². The minimum absolute atomic E-state index is 0.117. The molecule has 3 amide bonds. The zero-order valence-electron chi connectivity index (χ0n) is 17.6. The maximum atomic E-state index is 12.8. The van der Waals surface area contributed by atoms with Crippen LogP contribution in [0.5, 0.6) is 0 Å². The minimum atomic E-state index is -1.30. The average Bonchev–Trinajstić information content (AvgIpc) is 3.25. The lowest BCUT2D eigenvalue weighted by Gasteiger charge is -2.24. The van der Waals surface area contributed by atoms with Gasteiger partial charge >= 0.3 is 11.9 Å². The number of amides is 3. The molecule has 32 heavy (non-hydrogen) atoms. The van der Waals surface area contributed by atoms with Crippen LogP contribution in [0.4, 0.5) is 0 Å². The summed E-state index contributed by atoms with van der Waals surface area (Å²) in [6.07, 6.45) is 1.25. The van der Waals surface area contributed by atoms with Crippen molar-refractivity contribution in [1.29, 1.82) is 0 Å². The number of carboxylic acids is 2. The lowest BCUT2D eigenvalue weighted by Crippen LogP contribution is -2.56. The largest absolute Gasteiger partial charge is 0.481 e. The molecule has 1 rings (SSSR count). The molecule has 1 aliphatic rings. The number of nitrogens with one attached hydrogen (secondary N) is 4. The second-order valence-electron chi connectivity index (χ2n) is 7.26. The fourth-order valence-electron chi connectivity index (χ4n) is 3.05. The van der Waals surface area contributed by atoms with Gasteiger partial charge in [-0.1, -0.05) is 0 Å². The first kappa shape index (κ1) is 26.6. The lowest BCUT2D eigenvalue weighted by molar-refractivity contribution is -0.140. The molecular formula is C18H31N7O7. The number of carboxylic acid groups (broad SMARTS) is 2. The first-order chi connectivity index (χ1) is 15.1. The molecule has 1 aliphatic heterocycles. The number of nitrogens with two attached hydrogens (primary N) is 2. The maximum Gasteiger partial charge on any atom is 0.322 e. The molecule has 1 heterocycles. The molecule has 0 aromatic carbocycles. The number of aliphatic imine (C=N–C) groups is 1. The van der Waals surface area contributed by atoms with Crippen LogP contribution in [-0.4, -0.2) is 83.6 Å². The van der Waals surface area contributed by atoms with Crippen LogP contribution in [0.25, 0.3) is 0 Å². The number of aliphatic carboxylic acids is 2. The molecule has 1 fully saturated rings. The zero-order chi connectivity index (χ0) is 24.1. The molecule has 0 bridgehead atoms. The van der Waals surface area contributed by atoms with E-state index in [0.717, 1.165) is 6.42 Å². The van der Waals surface area contributed by atoms with Gasteiger partial charge in [0.1, 0.15) is 18.6 Å². The van der Waals surface area contributed by atoms with E-state index in [1.807, 2.05) is 0 Å². The average molecular weight is 457 g/mol. The van der Waals surface area contributed by atoms with Gasteiger partial charge in [0.05, 0.1) is 6.04 Å². The molecule has 14 nitrogen and oxygen atoms in total. The van der Waals surface area contributed by atoms with Crippen LogP contribution in [0.2, 0.25) is 0 Å². The molecule has 0 aliphatic carbocycles. The van der Waals surface area contributed by atoms with Crippen molar-refractivity contribution in [1.82, 2.24) is 21.3 Å². The van der Waals surface area contributed by atoms with E-state index in [-0.39, 0.29) is 31.3 Å². The summed E-state index contributed by atoms with van der Waals surface area (Å²) in [6, 6.07) is -2.76. The topological polar surface area (TPSA) is 238 Å². The van der Waals surface area contributed by atoms with Crippen LogP contribution in [0.3, 0.4) is 0 Å². The first-order valence-corrected chi connectivity index (χ1v) is 10.2. The Morgan fingerprint density at radius 2 is 1.69 bits per heavy atom. The molecule has 10 N–H and O–H groups in total. The molecule has 3 atom stereocenters. The fraction of sp³-hybridized carbons (Fsp3) is 0.667. The van der Waals surface area contributed by atoms with Crippen LogP contribution in [0, 0.1) is 0 Å². The minimum Gasteiger partial charge on any atom is -0.481 e. The Kier molecular flexibility index (Phi) is 11.5. The summed E-state index contributed by atoms with van der Waals surface area (Å²) in [5.74, 6) is -4.52. The third-order valence-electron chi connectivity index (χ3n) is 4.65. The van der Waals surface area contributed by atoms with Crippen molar-refractivity contribution in [2.24, 2.45) is 16.5 Å². The Morgan fingerprint density at radius 3 is 2.25 bits per heavy atom. The molecule has 1 saturated heterocycles. The van der Waals surface area contributed by atoms with Gasteiger partial charge in [0, 0.05) is 13.0 Å². The highest BCUT2D eigenvalue weighted by Gasteiger charge is 2.30. The van der Waals surface area contributed by atoms with Crippen LogP contribution in [0.15, 0.2) is 4.99 Å². The van der Waals surface area contributed by atoms with Crippen molar-refractivity contribution in [2.45, 2.75) is 56.7 Å². The Balaban J connectivity index is 2.85. The molecular weight excluding hydrogens is 426 g/mol. The summed E-state index contributed by atoms with van der Waals surface area (Å²) in [4.78, 5) is 63.0. The van der Waals surface area contributed by atoms with Gasteiger partial charge in [-0.2, -0.15) is 0 Å². The van der Waals surface area contributed by atoms with Crippen molar-refractivity contribution in [3.63, 3.8) is 0 Å². The summed E-state index contributed by atoms with van der Waals surface area (Å²) in [6.45, 7) is 0.204. The standard InChI is InChI=1S/C18H31N7O7/c19-18(20)22-8-2-4-11(24-16(31)10-3-1-7-21-10)17(32)25-12(5-6-13(26)27)15(30)23-9-14(28)29/h10-12,21H,1-9H2,(H,23,30)(H,24,31)(H,25,32)(H,26,27)(H,28,29)(H4,19,20,22). The van der Waals surface area contributed by atoms with Gasteiger partial charge in [-0.3, -0.25) is 29.0 Å². The number of carbonyl (C=O) groups excluding carboxylic acids is 3. The van der Waals surface area contributed by atoms with Gasteiger partial charge < -0.3 is 42.9 Å². The summed E-state index contributed by atoms with van der Waals surface area (Å²) in [5.41, 5.74) is 10.6. The number of nitrogens with zero attached hydrogens (tertiary/aromatic N) is 1. The highest BCUT2D eigenvalue weighted by Crippen LogP contribution is 2.08. The van der Waals surface area contributed by atoms with E-state index in [4.69, 9.17) is 21.7 Å². The number of rotatable bonds is 14. The second kappa shape index (κ2) is 13.8. The molecule has 0 aromatic rings. The summed E-state index contributed by atoms with van der Waals surface area (Å²) < 4.78 is 0. The monoisotopic (exact) mass is 457 g/mol. The van der Waals surface area contributed by atoms with Gasteiger partial charge in [0.2, 0.25) is 17.7 Å². The number of guanidine groups is 1. The number of hydrogen-bond acceptors (Lipinski definition) is 7. The van der Waals surface area contributed by atoms with Crippen molar-refractivity contribution in [2.75, 3.05) is 19.6 Å². The van der Waals surface area contributed by atoms with Gasteiger partial charge in [-0.15, -0.1) is 0 Å². The summed E-state index contributed by atoms with van der Waals surface area (Å²) in [7, 11) is 0. The van der Waals surface area contributed by atoms with Crippen LogP contribution in [0.1, 0.15) is 38.5 Å². The molecule has 180 valence electrons. The smallest absolute Gasteiger partial charge is 0.322 e. The molecule has 14 heteroatoms. The van der Waals surface area contributed by atoms with Gasteiger partial charge in [-0.05, 0) is 38.6 Å². The normalized spacial score (nSPS) is 16.9. The van der Waals surface area contributed by atoms with Crippen LogP contribution < -0.4 is 32.7 Å². The van der Waals surface area contributed by atoms with Gasteiger partial charge in [-0.25, -0.2) is 0 Å². The highest BCUT2D eigenvalue weighted by atomic mass is 16.4. The quantitative estimate of drug-likeness (QED) is 0.0739. The maximum absolute atomic E-state index is 12.8. The van der Waals surface area contributed by atoms with Crippen LogP contribution in [-0.2, 0) is 24.0 Å². The molecule has 0 radical (unpaired) electrons. The fourth-order valence-corrected chi connectivity index (χ4v) is 3.05. The van der Waals surface area contributed by atoms with Crippen molar-refractivity contribution >= 4 is 35.6 Å². The van der Waals surface area contributed by atoms with E-state index in [1.54, 1.807) is 0 Å². The predicted octanol–water partition coefficient (Wildman–Crippen LogP) is -3.17.